The second-order valence-corrected chi connectivity index (χ2v) is 6.74. The number of phenols is 1. The summed E-state index contributed by atoms with van der Waals surface area (Å²) >= 11 is 0. The van der Waals surface area contributed by atoms with Gasteiger partial charge in [-0.2, -0.15) is 0 Å². The van der Waals surface area contributed by atoms with Gasteiger partial charge in [-0.15, -0.1) is 0 Å². The Hall–Kier alpha value is -2.91. The van der Waals surface area contributed by atoms with Crippen molar-refractivity contribution in [2.75, 3.05) is 6.54 Å². The van der Waals surface area contributed by atoms with Crippen molar-refractivity contribution >= 4 is 5.57 Å². The van der Waals surface area contributed by atoms with Gasteiger partial charge in [0.15, 0.2) is 0 Å². The molecule has 2 heterocycles. The molecule has 4 rings (SSSR count). The second-order valence-electron chi connectivity index (χ2n) is 6.74. The predicted molar refractivity (Wildman–Crippen MR) is 106 cm³/mol. The normalized spacial score (nSPS) is 16.9. The zero-order valence-electron chi connectivity index (χ0n) is 14.6. The lowest BCUT2D eigenvalue weighted by Crippen LogP contribution is -2.34. The summed E-state index contributed by atoms with van der Waals surface area (Å²) in [6, 6.07) is 20.5. The Morgan fingerprint density at radius 2 is 1.77 bits per heavy atom. The highest BCUT2D eigenvalue weighted by molar-refractivity contribution is 5.67. The van der Waals surface area contributed by atoms with E-state index in [1.54, 1.807) is 12.1 Å². The van der Waals surface area contributed by atoms with Crippen molar-refractivity contribution in [2.24, 2.45) is 0 Å². The molecule has 0 saturated heterocycles. The number of benzene rings is 2. The summed E-state index contributed by atoms with van der Waals surface area (Å²) in [5.74, 6) is 0.277. The quantitative estimate of drug-likeness (QED) is 0.737. The first-order valence-electron chi connectivity index (χ1n) is 8.99. The minimum Gasteiger partial charge on any atom is -0.508 e. The van der Waals surface area contributed by atoms with Crippen LogP contribution in [-0.2, 0) is 6.42 Å². The van der Waals surface area contributed by atoms with Crippen LogP contribution in [0.2, 0.25) is 0 Å². The van der Waals surface area contributed by atoms with E-state index < -0.39 is 0 Å². The average molecular weight is 342 g/mol. The lowest BCUT2D eigenvalue weighted by Gasteiger charge is -2.25. The summed E-state index contributed by atoms with van der Waals surface area (Å²) in [6.45, 7) is 0.897. The number of aromatic nitrogens is 1. The van der Waals surface area contributed by atoms with Gasteiger partial charge in [-0.25, -0.2) is 0 Å². The average Bonchev–Trinajstić information content (AvgIpc) is 2.69. The first-order chi connectivity index (χ1) is 12.8. The summed E-state index contributed by atoms with van der Waals surface area (Å²) in [7, 11) is 0. The molecule has 1 unspecified atom stereocenters. The lowest BCUT2D eigenvalue weighted by atomic mass is 9.92. The van der Waals surface area contributed by atoms with Gasteiger partial charge in [0, 0.05) is 30.5 Å². The molecule has 3 aromatic rings. The highest BCUT2D eigenvalue weighted by Gasteiger charge is 2.17. The van der Waals surface area contributed by atoms with Crippen LogP contribution >= 0.6 is 0 Å². The molecule has 0 amide bonds. The minimum atomic E-state index is 0.277. The number of pyridine rings is 1. The van der Waals surface area contributed by atoms with Crippen LogP contribution in [0, 0.1) is 0 Å². The maximum atomic E-state index is 9.71. The number of rotatable bonds is 4. The minimum absolute atomic E-state index is 0.277. The smallest absolute Gasteiger partial charge is 0.116 e. The summed E-state index contributed by atoms with van der Waals surface area (Å²) < 4.78 is 0. The van der Waals surface area contributed by atoms with Crippen LogP contribution < -0.4 is 5.32 Å². The van der Waals surface area contributed by atoms with E-state index in [0.29, 0.717) is 6.04 Å². The fraction of sp³-hybridized carbons (Fsp3) is 0.174. The van der Waals surface area contributed by atoms with Crippen molar-refractivity contribution < 1.29 is 5.11 Å². The summed E-state index contributed by atoms with van der Waals surface area (Å²) in [6.07, 6.45) is 8.02. The molecule has 1 aliphatic rings. The van der Waals surface area contributed by atoms with Crippen LogP contribution in [0.4, 0.5) is 0 Å². The zero-order chi connectivity index (χ0) is 17.8. The highest BCUT2D eigenvalue weighted by Crippen LogP contribution is 2.26. The first kappa shape index (κ1) is 16.6. The van der Waals surface area contributed by atoms with Crippen LogP contribution in [0.15, 0.2) is 79.1 Å². The molecule has 1 aliphatic heterocycles. The molecule has 3 nitrogen and oxygen atoms in total. The van der Waals surface area contributed by atoms with Gasteiger partial charge < -0.3 is 10.4 Å². The van der Waals surface area contributed by atoms with Crippen LogP contribution in [0.3, 0.4) is 0 Å². The molecule has 0 saturated carbocycles. The van der Waals surface area contributed by atoms with E-state index >= 15 is 0 Å². The Morgan fingerprint density at radius 1 is 0.923 bits per heavy atom. The Balaban J connectivity index is 1.50. The molecule has 1 aromatic heterocycles. The van der Waals surface area contributed by atoms with Gasteiger partial charge in [-0.3, -0.25) is 4.98 Å². The van der Waals surface area contributed by atoms with Gasteiger partial charge in [0.25, 0.3) is 0 Å². The molecular weight excluding hydrogens is 320 g/mol. The number of hydrogen-bond donors (Lipinski definition) is 2. The summed E-state index contributed by atoms with van der Waals surface area (Å²) in [4.78, 5) is 4.41. The molecule has 0 fully saturated rings. The van der Waals surface area contributed by atoms with E-state index in [1.807, 2.05) is 24.5 Å². The molecule has 26 heavy (non-hydrogen) atoms. The zero-order valence-corrected chi connectivity index (χ0v) is 14.6. The van der Waals surface area contributed by atoms with Crippen LogP contribution in [0.25, 0.3) is 16.7 Å². The van der Waals surface area contributed by atoms with Crippen molar-refractivity contribution in [1.82, 2.24) is 10.3 Å². The van der Waals surface area contributed by atoms with Crippen LogP contribution in [0.5, 0.6) is 5.75 Å². The van der Waals surface area contributed by atoms with Crippen LogP contribution in [-0.4, -0.2) is 22.7 Å². The van der Waals surface area contributed by atoms with E-state index in [9.17, 15) is 5.11 Å². The SMILES string of the molecule is Oc1cccc(-c2cncc(CC3CC(c4ccccc4)=CCN3)c2)c1. The summed E-state index contributed by atoms with van der Waals surface area (Å²) in [5.41, 5.74) is 5.95. The van der Waals surface area contributed by atoms with E-state index in [2.05, 4.69) is 52.8 Å². The Kier molecular flexibility index (Phi) is 4.80. The molecule has 1 atom stereocenters. The highest BCUT2D eigenvalue weighted by atomic mass is 16.3. The van der Waals surface area contributed by atoms with Crippen molar-refractivity contribution in [3.63, 3.8) is 0 Å². The lowest BCUT2D eigenvalue weighted by molar-refractivity contribution is 0.475. The summed E-state index contributed by atoms with van der Waals surface area (Å²) in [5, 5.41) is 13.3. The molecule has 0 radical (unpaired) electrons. The second kappa shape index (κ2) is 7.54. The fourth-order valence-corrected chi connectivity index (χ4v) is 3.53. The molecule has 2 N–H and O–H groups in total. The molecule has 0 bridgehead atoms. The topological polar surface area (TPSA) is 45.2 Å². The number of aromatic hydroxyl groups is 1. The largest absolute Gasteiger partial charge is 0.508 e. The van der Waals surface area contributed by atoms with Crippen molar-refractivity contribution in [3.05, 3.63) is 90.3 Å². The third kappa shape index (κ3) is 3.84. The number of nitrogens with one attached hydrogen (secondary N) is 1. The third-order valence-electron chi connectivity index (χ3n) is 4.82. The van der Waals surface area contributed by atoms with Gasteiger partial charge >= 0.3 is 0 Å². The number of phenolic OH excluding ortho intramolecular Hbond substituents is 1. The van der Waals surface area contributed by atoms with Gasteiger partial charge in [-0.05, 0) is 53.3 Å². The first-order valence-corrected chi connectivity index (χ1v) is 8.99. The van der Waals surface area contributed by atoms with E-state index in [4.69, 9.17) is 0 Å². The van der Waals surface area contributed by atoms with Gasteiger partial charge in [0.05, 0.1) is 0 Å². The van der Waals surface area contributed by atoms with Crippen molar-refractivity contribution in [3.8, 4) is 16.9 Å². The standard InChI is InChI=1S/C23H22N2O/c26-23-8-4-7-19(14-23)21-11-17(15-24-16-21)12-22-13-20(9-10-25-22)18-5-2-1-3-6-18/h1-9,11,14-16,22,25-26H,10,12-13H2. The van der Waals surface area contributed by atoms with Gasteiger partial charge in [0.1, 0.15) is 5.75 Å². The Bertz CT molecular complexity index is 918. The molecule has 130 valence electrons. The molecular formula is C23H22N2O. The molecule has 2 aromatic carbocycles. The molecule has 0 spiro atoms. The maximum Gasteiger partial charge on any atom is 0.116 e. The monoisotopic (exact) mass is 342 g/mol. The number of nitrogens with zero attached hydrogens (tertiary/aromatic N) is 1. The Morgan fingerprint density at radius 3 is 2.62 bits per heavy atom. The van der Waals surface area contributed by atoms with E-state index in [-0.39, 0.29) is 5.75 Å². The molecule has 3 heteroatoms. The number of hydrogen-bond acceptors (Lipinski definition) is 3. The van der Waals surface area contributed by atoms with Gasteiger partial charge in [0.2, 0.25) is 0 Å². The Labute approximate surface area is 154 Å². The van der Waals surface area contributed by atoms with Gasteiger partial charge in [-0.1, -0.05) is 48.5 Å². The van der Waals surface area contributed by atoms with E-state index in [1.165, 1.54) is 16.7 Å². The van der Waals surface area contributed by atoms with E-state index in [0.717, 1.165) is 30.5 Å². The van der Waals surface area contributed by atoms with Crippen molar-refractivity contribution in [1.29, 1.82) is 0 Å². The maximum absolute atomic E-state index is 9.71. The van der Waals surface area contributed by atoms with Crippen LogP contribution in [0.1, 0.15) is 17.5 Å². The predicted octanol–water partition coefficient (Wildman–Crippen LogP) is 4.44. The fourth-order valence-electron chi connectivity index (χ4n) is 3.53. The molecule has 0 aliphatic carbocycles. The third-order valence-corrected chi connectivity index (χ3v) is 4.82. The van der Waals surface area contributed by atoms with Crippen molar-refractivity contribution in [2.45, 2.75) is 18.9 Å².